The molecule has 1 unspecified atom stereocenters. The number of hydrogen-bond donors (Lipinski definition) is 1. The standard InChI is InChI=1S/C7H8NO4PS/c9-8(10)6-1-3-7(4-2-6)14-5-12-13-11/h1-4,11,13H,5H2. The van der Waals surface area contributed by atoms with Gasteiger partial charge in [-0.25, -0.2) is 0 Å². The van der Waals surface area contributed by atoms with Crippen LogP contribution in [0.4, 0.5) is 5.69 Å². The highest BCUT2D eigenvalue weighted by atomic mass is 32.2. The van der Waals surface area contributed by atoms with E-state index in [1.165, 1.54) is 23.9 Å². The molecule has 0 bridgehead atoms. The second kappa shape index (κ2) is 5.93. The van der Waals surface area contributed by atoms with Crippen molar-refractivity contribution in [2.45, 2.75) is 4.90 Å². The lowest BCUT2D eigenvalue weighted by molar-refractivity contribution is -0.384. The van der Waals surface area contributed by atoms with Crippen molar-refractivity contribution in [2.75, 3.05) is 5.94 Å². The molecule has 0 spiro atoms. The SMILES string of the molecule is O=[N+]([O-])c1ccc(SCOPO)cc1. The topological polar surface area (TPSA) is 72.6 Å². The average molecular weight is 233 g/mol. The Morgan fingerprint density at radius 3 is 2.64 bits per heavy atom. The molecule has 0 saturated heterocycles. The first-order chi connectivity index (χ1) is 6.74. The van der Waals surface area contributed by atoms with Crippen LogP contribution in [-0.4, -0.2) is 15.8 Å². The van der Waals surface area contributed by atoms with Crippen molar-refractivity contribution in [1.29, 1.82) is 0 Å². The van der Waals surface area contributed by atoms with Crippen LogP contribution < -0.4 is 0 Å². The number of rotatable bonds is 5. The third-order valence-corrected chi connectivity index (χ3v) is 2.72. The molecule has 5 nitrogen and oxygen atoms in total. The second-order valence-corrected chi connectivity index (χ2v) is 3.72. The van der Waals surface area contributed by atoms with E-state index < -0.39 is 14.0 Å². The molecular formula is C7H8NO4PS. The molecule has 0 fully saturated rings. The molecule has 1 aromatic carbocycles. The minimum atomic E-state index is -0.526. The summed E-state index contributed by atoms with van der Waals surface area (Å²) >= 11 is 1.37. The molecule has 1 N–H and O–H groups in total. The van der Waals surface area contributed by atoms with Gasteiger partial charge in [-0.1, -0.05) is 11.8 Å². The molecule has 0 aromatic heterocycles. The lowest BCUT2D eigenvalue weighted by Gasteiger charge is -1.99. The van der Waals surface area contributed by atoms with Gasteiger partial charge in [0.1, 0.15) is 5.94 Å². The Bertz CT molecular complexity index is 305. The summed E-state index contributed by atoms with van der Waals surface area (Å²) in [5.41, 5.74) is 0.0688. The smallest absolute Gasteiger partial charge is 0.269 e. The van der Waals surface area contributed by atoms with E-state index in [1.54, 1.807) is 12.1 Å². The van der Waals surface area contributed by atoms with Gasteiger partial charge in [0.2, 0.25) is 0 Å². The summed E-state index contributed by atoms with van der Waals surface area (Å²) in [6.45, 7) is 0. The molecular weight excluding hydrogens is 225 g/mol. The van der Waals surface area contributed by atoms with E-state index in [-0.39, 0.29) is 5.69 Å². The zero-order valence-electron chi connectivity index (χ0n) is 7.04. The number of hydrogen-bond acceptors (Lipinski definition) is 5. The van der Waals surface area contributed by atoms with Gasteiger partial charge in [0.15, 0.2) is 9.03 Å². The Morgan fingerprint density at radius 1 is 1.50 bits per heavy atom. The number of nitro benzene ring substituents is 1. The van der Waals surface area contributed by atoms with Gasteiger partial charge >= 0.3 is 0 Å². The summed E-state index contributed by atoms with van der Waals surface area (Å²) in [4.78, 5) is 19.1. The second-order valence-electron chi connectivity index (χ2n) is 2.25. The van der Waals surface area contributed by atoms with Gasteiger partial charge < -0.3 is 9.42 Å². The zero-order valence-corrected chi connectivity index (χ0v) is 8.86. The Hall–Kier alpha value is -0.680. The van der Waals surface area contributed by atoms with Crippen LogP contribution >= 0.6 is 20.8 Å². The molecule has 0 heterocycles. The van der Waals surface area contributed by atoms with Gasteiger partial charge in [0.05, 0.1) is 4.92 Å². The molecule has 7 heteroatoms. The van der Waals surface area contributed by atoms with E-state index in [1.807, 2.05) is 0 Å². The summed E-state index contributed by atoms with van der Waals surface area (Å²) < 4.78 is 4.73. The van der Waals surface area contributed by atoms with Crippen molar-refractivity contribution in [2.24, 2.45) is 0 Å². The summed E-state index contributed by atoms with van der Waals surface area (Å²) in [6.07, 6.45) is 0. The maximum absolute atomic E-state index is 10.3. The monoisotopic (exact) mass is 233 g/mol. The van der Waals surface area contributed by atoms with Crippen molar-refractivity contribution in [3.8, 4) is 0 Å². The number of non-ortho nitro benzene ring substituents is 1. The quantitative estimate of drug-likeness (QED) is 0.211. The van der Waals surface area contributed by atoms with Gasteiger partial charge in [0.25, 0.3) is 5.69 Å². The molecule has 1 rings (SSSR count). The van der Waals surface area contributed by atoms with E-state index in [2.05, 4.69) is 0 Å². The number of benzene rings is 1. The van der Waals surface area contributed by atoms with Crippen molar-refractivity contribution < 1.29 is 14.3 Å². The van der Waals surface area contributed by atoms with E-state index in [4.69, 9.17) is 9.42 Å². The normalized spacial score (nSPS) is 10.9. The maximum atomic E-state index is 10.3. The van der Waals surface area contributed by atoms with Crippen molar-refractivity contribution in [3.63, 3.8) is 0 Å². The predicted octanol–water partition coefficient (Wildman–Crippen LogP) is 2.16. The van der Waals surface area contributed by atoms with Crippen LogP contribution in [0.3, 0.4) is 0 Å². The summed E-state index contributed by atoms with van der Waals surface area (Å²) in [5.74, 6) is 0.340. The Labute approximate surface area is 86.6 Å². The van der Waals surface area contributed by atoms with Gasteiger partial charge in [-0.2, -0.15) is 0 Å². The number of thioether (sulfide) groups is 1. The molecule has 76 valence electrons. The molecule has 0 aliphatic carbocycles. The molecule has 0 aliphatic rings. The Balaban J connectivity index is 2.51. The Kier molecular flexibility index (Phi) is 4.82. The Morgan fingerprint density at radius 2 is 2.14 bits per heavy atom. The fourth-order valence-electron chi connectivity index (χ4n) is 0.788. The molecule has 0 aliphatic heterocycles. The number of nitrogens with zero attached hydrogens (tertiary/aromatic N) is 1. The first-order valence-electron chi connectivity index (χ1n) is 3.62. The van der Waals surface area contributed by atoms with E-state index >= 15 is 0 Å². The molecule has 0 amide bonds. The predicted molar refractivity (Wildman–Crippen MR) is 55.4 cm³/mol. The summed E-state index contributed by atoms with van der Waals surface area (Å²) in [6, 6.07) is 6.16. The van der Waals surface area contributed by atoms with Crippen LogP contribution in [0.25, 0.3) is 0 Å². The number of nitro groups is 1. The fraction of sp³-hybridized carbons (Fsp3) is 0.143. The third-order valence-electron chi connectivity index (χ3n) is 1.40. The van der Waals surface area contributed by atoms with Crippen LogP contribution in [0.2, 0.25) is 0 Å². The van der Waals surface area contributed by atoms with Crippen molar-refractivity contribution in [3.05, 3.63) is 34.4 Å². The maximum Gasteiger partial charge on any atom is 0.269 e. The van der Waals surface area contributed by atoms with Crippen molar-refractivity contribution >= 4 is 26.5 Å². The highest BCUT2D eigenvalue weighted by molar-refractivity contribution is 7.99. The molecule has 14 heavy (non-hydrogen) atoms. The van der Waals surface area contributed by atoms with Crippen LogP contribution in [0, 0.1) is 10.1 Å². The van der Waals surface area contributed by atoms with Crippen LogP contribution in [0.5, 0.6) is 0 Å². The lowest BCUT2D eigenvalue weighted by atomic mass is 10.3. The molecule has 1 atom stereocenters. The molecule has 0 radical (unpaired) electrons. The zero-order chi connectivity index (χ0) is 10.4. The van der Waals surface area contributed by atoms with Gasteiger partial charge in [-0.15, -0.1) is 0 Å². The summed E-state index contributed by atoms with van der Waals surface area (Å²) in [5, 5.41) is 10.3. The molecule has 1 aromatic rings. The first-order valence-corrected chi connectivity index (χ1v) is 5.46. The van der Waals surface area contributed by atoms with Gasteiger partial charge in [-0.3, -0.25) is 10.1 Å². The van der Waals surface area contributed by atoms with Crippen LogP contribution in [-0.2, 0) is 4.52 Å². The van der Waals surface area contributed by atoms with Crippen molar-refractivity contribution in [1.82, 2.24) is 0 Å². The lowest BCUT2D eigenvalue weighted by Crippen LogP contribution is -1.86. The summed E-state index contributed by atoms with van der Waals surface area (Å²) in [7, 11) is -0.526. The van der Waals surface area contributed by atoms with E-state index in [0.29, 0.717) is 5.94 Å². The first kappa shape index (κ1) is 11.4. The van der Waals surface area contributed by atoms with Gasteiger partial charge in [0, 0.05) is 17.0 Å². The van der Waals surface area contributed by atoms with E-state index in [0.717, 1.165) is 4.90 Å². The minimum Gasteiger partial charge on any atom is -0.352 e. The van der Waals surface area contributed by atoms with E-state index in [9.17, 15) is 10.1 Å². The fourth-order valence-corrected chi connectivity index (χ4v) is 1.70. The molecule has 0 saturated carbocycles. The van der Waals surface area contributed by atoms with Crippen LogP contribution in [0.15, 0.2) is 29.2 Å². The largest absolute Gasteiger partial charge is 0.352 e. The average Bonchev–Trinajstić information content (AvgIpc) is 2.19. The highest BCUT2D eigenvalue weighted by Gasteiger charge is 2.03. The van der Waals surface area contributed by atoms with Crippen LogP contribution in [0.1, 0.15) is 0 Å². The third kappa shape index (κ3) is 3.59. The minimum absolute atomic E-state index is 0.0688. The highest BCUT2D eigenvalue weighted by Crippen LogP contribution is 2.23. The van der Waals surface area contributed by atoms with Gasteiger partial charge in [-0.05, 0) is 12.1 Å².